The second-order valence-corrected chi connectivity index (χ2v) is 8.14. The van der Waals surface area contributed by atoms with E-state index in [9.17, 15) is 0 Å². The molecule has 2 aromatic carbocycles. The molecular weight excluding hydrogens is 302 g/mol. The van der Waals surface area contributed by atoms with Crippen LogP contribution in [0.3, 0.4) is 0 Å². The second-order valence-electron chi connectivity index (χ2n) is 8.14. The maximum Gasteiger partial charge on any atom is 0.0217 e. The van der Waals surface area contributed by atoms with Crippen molar-refractivity contribution in [3.05, 3.63) is 71.8 Å². The third kappa shape index (κ3) is 3.27. The Bertz CT molecular complexity index is 616. The highest BCUT2D eigenvalue weighted by molar-refractivity contribution is 5.39. The van der Waals surface area contributed by atoms with Crippen LogP contribution in [0.2, 0.25) is 0 Å². The summed E-state index contributed by atoms with van der Waals surface area (Å²) in [5.74, 6) is 0.973. The lowest BCUT2D eigenvalue weighted by Gasteiger charge is -2.49. The summed E-state index contributed by atoms with van der Waals surface area (Å²) in [5.41, 5.74) is 3.16. The SMILES string of the molecule is CCCC(CC1CC2CCN1CC2)(c1ccccc1)c1ccccc1. The van der Waals surface area contributed by atoms with Crippen molar-refractivity contribution in [3.8, 4) is 0 Å². The van der Waals surface area contributed by atoms with E-state index in [2.05, 4.69) is 72.5 Å². The smallest absolute Gasteiger partial charge is 0.0217 e. The van der Waals surface area contributed by atoms with Crippen LogP contribution in [0.25, 0.3) is 0 Å². The molecule has 3 aliphatic rings. The Hall–Kier alpha value is -1.60. The van der Waals surface area contributed by atoms with Gasteiger partial charge in [-0.2, -0.15) is 0 Å². The van der Waals surface area contributed by atoms with Gasteiger partial charge in [0.2, 0.25) is 0 Å². The van der Waals surface area contributed by atoms with Crippen LogP contribution in [0, 0.1) is 5.92 Å². The van der Waals surface area contributed by atoms with E-state index in [-0.39, 0.29) is 5.41 Å². The lowest BCUT2D eigenvalue weighted by atomic mass is 9.65. The van der Waals surface area contributed by atoms with Gasteiger partial charge in [0.1, 0.15) is 0 Å². The van der Waals surface area contributed by atoms with Gasteiger partial charge in [-0.3, -0.25) is 0 Å². The van der Waals surface area contributed by atoms with Gasteiger partial charge >= 0.3 is 0 Å². The molecule has 0 N–H and O–H groups in total. The molecule has 2 bridgehead atoms. The van der Waals surface area contributed by atoms with Gasteiger partial charge in [0.15, 0.2) is 0 Å². The number of hydrogen-bond acceptors (Lipinski definition) is 1. The van der Waals surface area contributed by atoms with E-state index in [4.69, 9.17) is 0 Å². The van der Waals surface area contributed by atoms with E-state index in [1.165, 1.54) is 62.7 Å². The lowest BCUT2D eigenvalue weighted by molar-refractivity contribution is 0.0344. The fraction of sp³-hybridized carbons (Fsp3) is 0.500. The Morgan fingerprint density at radius 2 is 1.44 bits per heavy atom. The van der Waals surface area contributed by atoms with Crippen molar-refractivity contribution in [2.24, 2.45) is 5.92 Å². The standard InChI is InChI=1S/C24H31N/c1-2-15-24(21-9-5-3-6-10-21,22-11-7-4-8-12-22)19-23-18-20-13-16-25(23)17-14-20/h3-12,20,23H,2,13-19H2,1H3. The minimum Gasteiger partial charge on any atom is -0.300 e. The predicted molar refractivity (Wildman–Crippen MR) is 106 cm³/mol. The topological polar surface area (TPSA) is 3.24 Å². The summed E-state index contributed by atoms with van der Waals surface area (Å²) in [7, 11) is 0. The summed E-state index contributed by atoms with van der Waals surface area (Å²) in [6, 6.07) is 23.4. The normalized spacial score (nSPS) is 25.9. The maximum atomic E-state index is 2.79. The third-order valence-electron chi connectivity index (χ3n) is 6.68. The van der Waals surface area contributed by atoms with Gasteiger partial charge in [0.05, 0.1) is 0 Å². The molecule has 3 saturated heterocycles. The molecule has 5 rings (SSSR count). The van der Waals surface area contributed by atoms with E-state index in [1.807, 2.05) is 0 Å². The van der Waals surface area contributed by atoms with Crippen molar-refractivity contribution >= 4 is 0 Å². The minimum absolute atomic E-state index is 0.152. The van der Waals surface area contributed by atoms with Crippen LogP contribution in [-0.2, 0) is 5.41 Å². The lowest BCUT2D eigenvalue weighted by Crippen LogP contribution is -2.51. The van der Waals surface area contributed by atoms with Crippen molar-refractivity contribution in [1.29, 1.82) is 0 Å². The maximum absolute atomic E-state index is 2.79. The molecule has 25 heavy (non-hydrogen) atoms. The molecule has 0 aliphatic carbocycles. The zero-order valence-corrected chi connectivity index (χ0v) is 15.5. The number of fused-ring (bicyclic) bond motifs is 3. The zero-order valence-electron chi connectivity index (χ0n) is 15.5. The Balaban J connectivity index is 1.74. The summed E-state index contributed by atoms with van der Waals surface area (Å²) in [6.45, 7) is 4.98. The molecule has 0 amide bonds. The molecule has 0 radical (unpaired) electrons. The molecule has 3 heterocycles. The molecule has 2 aromatic rings. The van der Waals surface area contributed by atoms with Crippen LogP contribution >= 0.6 is 0 Å². The van der Waals surface area contributed by atoms with E-state index in [0.29, 0.717) is 0 Å². The minimum atomic E-state index is 0.152. The number of benzene rings is 2. The first-order valence-electron chi connectivity index (χ1n) is 10.2. The van der Waals surface area contributed by atoms with Gasteiger partial charge in [-0.15, -0.1) is 0 Å². The molecule has 3 aliphatic heterocycles. The highest BCUT2D eigenvalue weighted by atomic mass is 15.2. The molecule has 0 aromatic heterocycles. The largest absolute Gasteiger partial charge is 0.300 e. The van der Waals surface area contributed by atoms with Crippen LogP contribution in [0.4, 0.5) is 0 Å². The first-order chi connectivity index (χ1) is 12.3. The molecular formula is C24H31N. The van der Waals surface area contributed by atoms with Gasteiger partial charge in [-0.05, 0) is 62.2 Å². The van der Waals surface area contributed by atoms with E-state index in [1.54, 1.807) is 0 Å². The highest BCUT2D eigenvalue weighted by Crippen LogP contribution is 2.45. The van der Waals surface area contributed by atoms with Crippen molar-refractivity contribution in [2.45, 2.75) is 56.9 Å². The molecule has 0 spiro atoms. The molecule has 1 unspecified atom stereocenters. The monoisotopic (exact) mass is 333 g/mol. The quantitative estimate of drug-likeness (QED) is 0.660. The first kappa shape index (κ1) is 16.8. The van der Waals surface area contributed by atoms with Gasteiger partial charge in [-0.1, -0.05) is 74.0 Å². The van der Waals surface area contributed by atoms with E-state index in [0.717, 1.165) is 12.0 Å². The summed E-state index contributed by atoms with van der Waals surface area (Å²) in [5, 5.41) is 0. The summed E-state index contributed by atoms with van der Waals surface area (Å²) >= 11 is 0. The van der Waals surface area contributed by atoms with E-state index >= 15 is 0 Å². The molecule has 1 heteroatoms. The summed E-state index contributed by atoms with van der Waals surface area (Å²) < 4.78 is 0. The average Bonchev–Trinajstić information content (AvgIpc) is 2.70. The fourth-order valence-corrected chi connectivity index (χ4v) is 5.44. The van der Waals surface area contributed by atoms with Crippen molar-refractivity contribution < 1.29 is 0 Å². The third-order valence-corrected chi connectivity index (χ3v) is 6.68. The summed E-state index contributed by atoms with van der Waals surface area (Å²) in [6.07, 6.45) is 7.98. The van der Waals surface area contributed by atoms with Gasteiger partial charge in [0, 0.05) is 11.5 Å². The second kappa shape index (κ2) is 7.33. The van der Waals surface area contributed by atoms with Crippen LogP contribution in [0.1, 0.15) is 56.6 Å². The molecule has 132 valence electrons. The van der Waals surface area contributed by atoms with Crippen molar-refractivity contribution in [3.63, 3.8) is 0 Å². The van der Waals surface area contributed by atoms with Crippen LogP contribution in [0.15, 0.2) is 60.7 Å². The molecule has 3 fully saturated rings. The molecule has 0 saturated carbocycles. The van der Waals surface area contributed by atoms with Crippen molar-refractivity contribution in [2.75, 3.05) is 13.1 Å². The number of rotatable bonds is 6. The fourth-order valence-electron chi connectivity index (χ4n) is 5.44. The Morgan fingerprint density at radius 3 is 1.88 bits per heavy atom. The van der Waals surface area contributed by atoms with Crippen LogP contribution < -0.4 is 0 Å². The predicted octanol–water partition coefficient (Wildman–Crippen LogP) is 5.65. The first-order valence-corrected chi connectivity index (χ1v) is 10.2. The van der Waals surface area contributed by atoms with Crippen molar-refractivity contribution in [1.82, 2.24) is 4.90 Å². The van der Waals surface area contributed by atoms with Gasteiger partial charge in [-0.25, -0.2) is 0 Å². The van der Waals surface area contributed by atoms with E-state index < -0.39 is 0 Å². The highest BCUT2D eigenvalue weighted by Gasteiger charge is 2.41. The molecule has 1 nitrogen and oxygen atoms in total. The number of hydrogen-bond donors (Lipinski definition) is 0. The Kier molecular flexibility index (Phi) is 4.94. The summed E-state index contributed by atoms with van der Waals surface area (Å²) in [4.78, 5) is 2.79. The molecule has 1 atom stereocenters. The van der Waals surface area contributed by atoms with Crippen LogP contribution in [-0.4, -0.2) is 24.0 Å². The number of piperidine rings is 3. The Labute approximate surface area is 153 Å². The van der Waals surface area contributed by atoms with Gasteiger partial charge in [0.25, 0.3) is 0 Å². The Morgan fingerprint density at radius 1 is 0.880 bits per heavy atom. The number of nitrogens with zero attached hydrogens (tertiary/aromatic N) is 1. The average molecular weight is 334 g/mol. The van der Waals surface area contributed by atoms with Crippen LogP contribution in [0.5, 0.6) is 0 Å². The zero-order chi connectivity index (χ0) is 17.1. The van der Waals surface area contributed by atoms with Gasteiger partial charge < -0.3 is 4.90 Å².